The van der Waals surface area contributed by atoms with Crippen LogP contribution in [0.2, 0.25) is 0 Å². The molecule has 0 fully saturated rings. The van der Waals surface area contributed by atoms with Gasteiger partial charge in [0.1, 0.15) is 12.4 Å². The lowest BCUT2D eigenvalue weighted by atomic mass is 10.2. The highest BCUT2D eigenvalue weighted by Crippen LogP contribution is 2.14. The highest BCUT2D eigenvalue weighted by atomic mass is 16.5. The van der Waals surface area contributed by atoms with Gasteiger partial charge in [-0.15, -0.1) is 0 Å². The Morgan fingerprint density at radius 3 is 2.54 bits per heavy atom. The molecule has 0 aliphatic heterocycles. The van der Waals surface area contributed by atoms with Crippen molar-refractivity contribution in [1.82, 2.24) is 20.4 Å². The van der Waals surface area contributed by atoms with Gasteiger partial charge in [-0.05, 0) is 52.6 Å². The van der Waals surface area contributed by atoms with Crippen molar-refractivity contribution < 1.29 is 9.53 Å². The smallest absolute Gasteiger partial charge is 0.224 e. The Balaban J connectivity index is 2.56. The lowest BCUT2D eigenvalue weighted by Crippen LogP contribution is -2.40. The first-order chi connectivity index (χ1) is 13.5. The van der Waals surface area contributed by atoms with Crippen LogP contribution in [0.3, 0.4) is 0 Å². The van der Waals surface area contributed by atoms with Crippen molar-refractivity contribution in [2.24, 2.45) is 4.99 Å². The number of amides is 1. The Kier molecular flexibility index (Phi) is 11.7. The summed E-state index contributed by atoms with van der Waals surface area (Å²) in [5, 5.41) is 6.46. The first-order valence-corrected chi connectivity index (χ1v) is 10.2. The number of nitrogens with one attached hydrogen (secondary N) is 2. The van der Waals surface area contributed by atoms with Crippen LogP contribution in [0.15, 0.2) is 29.3 Å². The number of likely N-dealkylation sites (N-methyl/N-ethyl adjacent to an activating group) is 1. The van der Waals surface area contributed by atoms with Gasteiger partial charge >= 0.3 is 0 Å². The fourth-order valence-electron chi connectivity index (χ4n) is 2.61. The summed E-state index contributed by atoms with van der Waals surface area (Å²) in [6.45, 7) is 10.9. The monoisotopic (exact) mass is 391 g/mol. The zero-order valence-electron chi connectivity index (χ0n) is 18.1. The van der Waals surface area contributed by atoms with Gasteiger partial charge in [0.15, 0.2) is 5.96 Å². The quantitative estimate of drug-likeness (QED) is 0.421. The SMILES string of the molecule is CCNC(=NCc1cccc(OCCN(C)C)c1)NCCC(=O)N(CC)CC. The summed E-state index contributed by atoms with van der Waals surface area (Å²) in [4.78, 5) is 20.7. The second-order valence-electron chi connectivity index (χ2n) is 6.74. The zero-order chi connectivity index (χ0) is 20.8. The number of carbonyl (C=O) groups is 1. The van der Waals surface area contributed by atoms with Crippen molar-refractivity contribution >= 4 is 11.9 Å². The Hall–Kier alpha value is -2.28. The van der Waals surface area contributed by atoms with Crippen molar-refractivity contribution in [1.29, 1.82) is 0 Å². The van der Waals surface area contributed by atoms with Crippen LogP contribution in [-0.4, -0.2) is 75.1 Å². The van der Waals surface area contributed by atoms with E-state index in [0.717, 1.165) is 37.5 Å². The van der Waals surface area contributed by atoms with E-state index in [2.05, 4.69) is 20.5 Å². The van der Waals surface area contributed by atoms with E-state index in [1.807, 2.05) is 64.0 Å². The number of aliphatic imine (C=N–C) groups is 1. The van der Waals surface area contributed by atoms with E-state index in [9.17, 15) is 4.79 Å². The van der Waals surface area contributed by atoms with Gasteiger partial charge in [0.05, 0.1) is 6.54 Å². The van der Waals surface area contributed by atoms with Gasteiger partial charge in [-0.1, -0.05) is 12.1 Å². The Labute approximate surface area is 170 Å². The largest absolute Gasteiger partial charge is 0.492 e. The number of carbonyl (C=O) groups excluding carboxylic acids is 1. The standard InChI is InChI=1S/C21H37N5O2/c1-6-22-21(23-13-12-20(27)26(7-2)8-3)24-17-18-10-9-11-19(16-18)28-15-14-25(4)5/h9-11,16H,6-8,12-15,17H2,1-5H3,(H2,22,23,24). The molecule has 0 atom stereocenters. The van der Waals surface area contributed by atoms with Crippen LogP contribution in [0.5, 0.6) is 5.75 Å². The van der Waals surface area contributed by atoms with E-state index in [0.29, 0.717) is 32.1 Å². The van der Waals surface area contributed by atoms with Crippen LogP contribution in [0.25, 0.3) is 0 Å². The number of guanidine groups is 1. The van der Waals surface area contributed by atoms with Crippen LogP contribution in [0.4, 0.5) is 0 Å². The van der Waals surface area contributed by atoms with Crippen molar-refractivity contribution in [3.63, 3.8) is 0 Å². The van der Waals surface area contributed by atoms with Gasteiger partial charge in [-0.2, -0.15) is 0 Å². The maximum atomic E-state index is 12.1. The van der Waals surface area contributed by atoms with Crippen LogP contribution in [-0.2, 0) is 11.3 Å². The molecular formula is C21H37N5O2. The molecule has 0 saturated heterocycles. The Morgan fingerprint density at radius 1 is 1.14 bits per heavy atom. The van der Waals surface area contributed by atoms with Crippen molar-refractivity contribution in [3.05, 3.63) is 29.8 Å². The highest BCUT2D eigenvalue weighted by molar-refractivity contribution is 5.81. The summed E-state index contributed by atoms with van der Waals surface area (Å²) in [7, 11) is 4.05. The third-order valence-corrected chi connectivity index (χ3v) is 4.22. The van der Waals surface area contributed by atoms with Crippen LogP contribution < -0.4 is 15.4 Å². The molecule has 28 heavy (non-hydrogen) atoms. The summed E-state index contributed by atoms with van der Waals surface area (Å²) in [6.07, 6.45) is 0.460. The van der Waals surface area contributed by atoms with Gasteiger partial charge in [0.2, 0.25) is 5.91 Å². The summed E-state index contributed by atoms with van der Waals surface area (Å²) < 4.78 is 5.78. The summed E-state index contributed by atoms with van der Waals surface area (Å²) in [5.41, 5.74) is 1.08. The molecule has 7 heteroatoms. The van der Waals surface area contributed by atoms with E-state index < -0.39 is 0 Å². The fourth-order valence-corrected chi connectivity index (χ4v) is 2.61. The lowest BCUT2D eigenvalue weighted by Gasteiger charge is -2.19. The van der Waals surface area contributed by atoms with Crippen LogP contribution >= 0.6 is 0 Å². The molecule has 1 aromatic carbocycles. The molecule has 0 heterocycles. The predicted octanol–water partition coefficient (Wildman–Crippen LogP) is 1.94. The van der Waals surface area contributed by atoms with Gasteiger partial charge in [-0.3, -0.25) is 4.79 Å². The molecule has 0 aliphatic rings. The predicted molar refractivity (Wildman–Crippen MR) is 116 cm³/mol. The molecule has 0 aromatic heterocycles. The zero-order valence-corrected chi connectivity index (χ0v) is 18.1. The third-order valence-electron chi connectivity index (χ3n) is 4.22. The third kappa shape index (κ3) is 9.60. The molecule has 0 radical (unpaired) electrons. The number of hydrogen-bond donors (Lipinski definition) is 2. The van der Waals surface area contributed by atoms with E-state index in [4.69, 9.17) is 4.74 Å². The maximum Gasteiger partial charge on any atom is 0.224 e. The molecule has 2 N–H and O–H groups in total. The van der Waals surface area contributed by atoms with Gasteiger partial charge in [0, 0.05) is 39.1 Å². The highest BCUT2D eigenvalue weighted by Gasteiger charge is 2.09. The average Bonchev–Trinajstić information content (AvgIpc) is 2.67. The van der Waals surface area contributed by atoms with E-state index in [-0.39, 0.29) is 5.91 Å². The molecule has 0 unspecified atom stereocenters. The van der Waals surface area contributed by atoms with Gasteiger partial charge in [-0.25, -0.2) is 4.99 Å². The molecule has 0 spiro atoms. The molecule has 0 bridgehead atoms. The molecular weight excluding hydrogens is 354 g/mol. The minimum absolute atomic E-state index is 0.163. The first kappa shape index (κ1) is 23.8. The maximum absolute atomic E-state index is 12.1. The number of benzene rings is 1. The fraction of sp³-hybridized carbons (Fsp3) is 0.619. The molecule has 158 valence electrons. The topological polar surface area (TPSA) is 69.2 Å². The number of ether oxygens (including phenoxy) is 1. The molecule has 1 rings (SSSR count). The van der Waals surface area contributed by atoms with Crippen molar-refractivity contribution in [2.45, 2.75) is 33.7 Å². The number of hydrogen-bond acceptors (Lipinski definition) is 4. The van der Waals surface area contributed by atoms with Crippen molar-refractivity contribution in [3.8, 4) is 5.75 Å². The number of rotatable bonds is 12. The van der Waals surface area contributed by atoms with E-state index >= 15 is 0 Å². The van der Waals surface area contributed by atoms with Crippen LogP contribution in [0, 0.1) is 0 Å². The summed E-state index contributed by atoms with van der Waals surface area (Å²) >= 11 is 0. The van der Waals surface area contributed by atoms with Gasteiger partial charge < -0.3 is 25.2 Å². The molecule has 1 aromatic rings. The summed E-state index contributed by atoms with van der Waals surface area (Å²) in [6, 6.07) is 8.01. The van der Waals surface area contributed by atoms with Crippen molar-refractivity contribution in [2.75, 3.05) is 53.4 Å². The molecule has 1 amide bonds. The minimum Gasteiger partial charge on any atom is -0.492 e. The normalized spacial score (nSPS) is 11.4. The van der Waals surface area contributed by atoms with E-state index in [1.165, 1.54) is 0 Å². The minimum atomic E-state index is 0.163. The van der Waals surface area contributed by atoms with Crippen LogP contribution in [0.1, 0.15) is 32.8 Å². The first-order valence-electron chi connectivity index (χ1n) is 10.2. The Morgan fingerprint density at radius 2 is 1.89 bits per heavy atom. The summed E-state index contributed by atoms with van der Waals surface area (Å²) in [5.74, 6) is 1.74. The van der Waals surface area contributed by atoms with E-state index in [1.54, 1.807) is 0 Å². The van der Waals surface area contributed by atoms with Gasteiger partial charge in [0.25, 0.3) is 0 Å². The lowest BCUT2D eigenvalue weighted by molar-refractivity contribution is -0.130. The molecule has 7 nitrogen and oxygen atoms in total. The average molecular weight is 392 g/mol. The molecule has 0 saturated carbocycles. The number of nitrogens with zero attached hydrogens (tertiary/aromatic N) is 3. The molecule has 0 aliphatic carbocycles. The Bertz CT molecular complexity index is 600. The second kappa shape index (κ2) is 13.8. The second-order valence-corrected chi connectivity index (χ2v) is 6.74.